The van der Waals surface area contributed by atoms with Gasteiger partial charge in [-0.25, -0.2) is 0 Å². The summed E-state index contributed by atoms with van der Waals surface area (Å²) >= 11 is 0. The largest absolute Gasteiger partial charge is 0.468 e. The van der Waals surface area contributed by atoms with Crippen LogP contribution in [0.15, 0.2) is 50.6 Å². The van der Waals surface area contributed by atoms with Gasteiger partial charge in [0.05, 0.1) is 18.6 Å². The Balaban J connectivity index is 1.36. The van der Waals surface area contributed by atoms with E-state index in [1.165, 1.54) is 12.8 Å². The van der Waals surface area contributed by atoms with Crippen LogP contribution in [0.4, 0.5) is 0 Å². The number of aliphatic imine (C=N–C) groups is 1. The second-order valence-corrected chi connectivity index (χ2v) is 6.64. The monoisotopic (exact) mass is 374 g/mol. The summed E-state index contributed by atoms with van der Waals surface area (Å²) in [5.41, 5.74) is 0. The summed E-state index contributed by atoms with van der Waals surface area (Å²) in [6.07, 6.45) is 6.81. The number of hydrogen-bond acceptors (Lipinski definition) is 5. The second-order valence-electron chi connectivity index (χ2n) is 6.64. The molecular weight excluding hydrogens is 344 g/mol. The topological polar surface area (TPSA) is 75.2 Å². The molecule has 1 unspecified atom stereocenters. The predicted molar refractivity (Wildman–Crippen MR) is 105 cm³/mol. The Morgan fingerprint density at radius 1 is 1.19 bits per heavy atom. The van der Waals surface area contributed by atoms with Crippen LogP contribution in [0.1, 0.15) is 36.8 Å². The van der Waals surface area contributed by atoms with Crippen LogP contribution in [0.25, 0.3) is 0 Å². The molecule has 27 heavy (non-hydrogen) atoms. The van der Waals surface area contributed by atoms with Crippen molar-refractivity contribution in [2.75, 3.05) is 39.8 Å². The highest BCUT2D eigenvalue weighted by atomic mass is 16.5. The van der Waals surface area contributed by atoms with E-state index in [2.05, 4.69) is 26.6 Å². The molecule has 1 aliphatic rings. The summed E-state index contributed by atoms with van der Waals surface area (Å²) in [5.74, 6) is 2.66. The Labute approximate surface area is 160 Å². The lowest BCUT2D eigenvalue weighted by molar-refractivity contribution is 0.105. The molecule has 1 saturated heterocycles. The molecule has 1 atom stereocenters. The van der Waals surface area contributed by atoms with Gasteiger partial charge in [0.2, 0.25) is 0 Å². The van der Waals surface area contributed by atoms with Gasteiger partial charge in [0, 0.05) is 26.7 Å². The molecular formula is C20H30N4O3. The molecule has 0 amide bonds. The molecule has 7 heteroatoms. The highest BCUT2D eigenvalue weighted by molar-refractivity contribution is 5.79. The van der Waals surface area contributed by atoms with E-state index in [1.807, 2.05) is 18.2 Å². The van der Waals surface area contributed by atoms with Gasteiger partial charge in [-0.2, -0.15) is 0 Å². The van der Waals surface area contributed by atoms with Gasteiger partial charge in [0.15, 0.2) is 5.96 Å². The summed E-state index contributed by atoms with van der Waals surface area (Å²) in [4.78, 5) is 6.79. The molecule has 148 valence electrons. The number of furan rings is 2. The minimum absolute atomic E-state index is 0.234. The fourth-order valence-electron chi connectivity index (χ4n) is 3.31. The molecule has 0 bridgehead atoms. The standard InChI is InChI=1S/C20H30N4O3/c1-21-20(22-9-6-12-25-16-17-7-4-13-26-17)23-15-18(19-8-5-14-27-19)24-10-2-3-11-24/h4-5,7-8,13-14,18H,2-3,6,9-12,15-16H2,1H3,(H2,21,22,23). The first-order valence-corrected chi connectivity index (χ1v) is 9.69. The minimum atomic E-state index is 0.234. The lowest BCUT2D eigenvalue weighted by Gasteiger charge is -2.26. The van der Waals surface area contributed by atoms with Crippen LogP contribution in [0.3, 0.4) is 0 Å². The molecule has 0 spiro atoms. The van der Waals surface area contributed by atoms with Crippen molar-refractivity contribution in [2.45, 2.75) is 31.9 Å². The molecule has 7 nitrogen and oxygen atoms in total. The van der Waals surface area contributed by atoms with E-state index in [-0.39, 0.29) is 6.04 Å². The average Bonchev–Trinajstić information content (AvgIpc) is 3.46. The van der Waals surface area contributed by atoms with Crippen LogP contribution >= 0.6 is 0 Å². The van der Waals surface area contributed by atoms with E-state index < -0.39 is 0 Å². The van der Waals surface area contributed by atoms with Gasteiger partial charge in [0.25, 0.3) is 0 Å². The zero-order chi connectivity index (χ0) is 18.7. The smallest absolute Gasteiger partial charge is 0.191 e. The average molecular weight is 374 g/mol. The first kappa shape index (κ1) is 19.5. The van der Waals surface area contributed by atoms with Gasteiger partial charge in [-0.05, 0) is 56.6 Å². The maximum Gasteiger partial charge on any atom is 0.191 e. The molecule has 1 fully saturated rings. The van der Waals surface area contributed by atoms with Crippen molar-refractivity contribution in [1.29, 1.82) is 0 Å². The Morgan fingerprint density at radius 2 is 2.00 bits per heavy atom. The van der Waals surface area contributed by atoms with Gasteiger partial charge in [0.1, 0.15) is 18.1 Å². The van der Waals surface area contributed by atoms with Crippen molar-refractivity contribution in [2.24, 2.45) is 4.99 Å². The summed E-state index contributed by atoms with van der Waals surface area (Å²) < 4.78 is 16.5. The molecule has 2 aromatic heterocycles. The van der Waals surface area contributed by atoms with Crippen molar-refractivity contribution in [3.8, 4) is 0 Å². The third-order valence-corrected chi connectivity index (χ3v) is 4.72. The zero-order valence-electron chi connectivity index (χ0n) is 16.0. The maximum absolute atomic E-state index is 5.66. The fraction of sp³-hybridized carbons (Fsp3) is 0.550. The third kappa shape index (κ3) is 6.15. The van der Waals surface area contributed by atoms with Gasteiger partial charge >= 0.3 is 0 Å². The van der Waals surface area contributed by atoms with Gasteiger partial charge in [-0.3, -0.25) is 9.89 Å². The van der Waals surface area contributed by atoms with Crippen molar-refractivity contribution in [3.05, 3.63) is 48.3 Å². The molecule has 0 aliphatic carbocycles. The number of ether oxygens (including phenoxy) is 1. The lowest BCUT2D eigenvalue weighted by atomic mass is 10.2. The van der Waals surface area contributed by atoms with E-state index in [4.69, 9.17) is 13.6 Å². The lowest BCUT2D eigenvalue weighted by Crippen LogP contribution is -2.43. The van der Waals surface area contributed by atoms with Crippen LogP contribution in [-0.4, -0.2) is 50.7 Å². The van der Waals surface area contributed by atoms with Crippen molar-refractivity contribution < 1.29 is 13.6 Å². The quantitative estimate of drug-likeness (QED) is 0.378. The highest BCUT2D eigenvalue weighted by Crippen LogP contribution is 2.24. The van der Waals surface area contributed by atoms with Gasteiger partial charge in [-0.1, -0.05) is 0 Å². The number of nitrogens with one attached hydrogen (secondary N) is 2. The first-order valence-electron chi connectivity index (χ1n) is 9.69. The number of guanidine groups is 1. The van der Waals surface area contributed by atoms with Gasteiger partial charge < -0.3 is 24.2 Å². The molecule has 3 rings (SSSR count). The Morgan fingerprint density at radius 3 is 2.70 bits per heavy atom. The van der Waals surface area contributed by atoms with Crippen molar-refractivity contribution >= 4 is 5.96 Å². The van der Waals surface area contributed by atoms with E-state index in [0.717, 1.165) is 50.1 Å². The van der Waals surface area contributed by atoms with Crippen LogP contribution in [0.2, 0.25) is 0 Å². The molecule has 0 radical (unpaired) electrons. The number of hydrogen-bond donors (Lipinski definition) is 2. The highest BCUT2D eigenvalue weighted by Gasteiger charge is 2.25. The SMILES string of the molecule is CN=C(NCCCOCc1ccco1)NCC(c1ccco1)N1CCCC1. The Hall–Kier alpha value is -2.25. The molecule has 0 aromatic carbocycles. The minimum Gasteiger partial charge on any atom is -0.468 e. The van der Waals surface area contributed by atoms with Gasteiger partial charge in [-0.15, -0.1) is 0 Å². The van der Waals surface area contributed by atoms with Crippen LogP contribution in [0, 0.1) is 0 Å². The third-order valence-electron chi connectivity index (χ3n) is 4.72. The van der Waals surface area contributed by atoms with Crippen LogP contribution < -0.4 is 10.6 Å². The molecule has 2 aromatic rings. The number of likely N-dealkylation sites (tertiary alicyclic amines) is 1. The molecule has 2 N–H and O–H groups in total. The predicted octanol–water partition coefficient (Wildman–Crippen LogP) is 2.78. The number of nitrogens with zero attached hydrogens (tertiary/aromatic N) is 2. The summed E-state index contributed by atoms with van der Waals surface area (Å²) in [7, 11) is 1.79. The zero-order valence-corrected chi connectivity index (χ0v) is 16.0. The molecule has 1 aliphatic heterocycles. The Bertz CT molecular complexity index is 649. The Kier molecular flexibility index (Phi) is 7.80. The van der Waals surface area contributed by atoms with Crippen molar-refractivity contribution in [1.82, 2.24) is 15.5 Å². The normalized spacial score (nSPS) is 16.6. The van der Waals surface area contributed by atoms with E-state index in [1.54, 1.807) is 19.6 Å². The summed E-state index contributed by atoms with van der Waals surface area (Å²) in [6, 6.07) is 8.02. The van der Waals surface area contributed by atoms with Crippen LogP contribution in [0.5, 0.6) is 0 Å². The van der Waals surface area contributed by atoms with E-state index in [0.29, 0.717) is 13.2 Å². The van der Waals surface area contributed by atoms with Crippen LogP contribution in [-0.2, 0) is 11.3 Å². The second kappa shape index (κ2) is 10.8. The maximum atomic E-state index is 5.66. The van der Waals surface area contributed by atoms with E-state index in [9.17, 15) is 0 Å². The van der Waals surface area contributed by atoms with E-state index >= 15 is 0 Å². The van der Waals surface area contributed by atoms with Crippen molar-refractivity contribution in [3.63, 3.8) is 0 Å². The fourth-order valence-corrected chi connectivity index (χ4v) is 3.31. The summed E-state index contributed by atoms with van der Waals surface area (Å²) in [5, 5.41) is 6.77. The molecule has 0 saturated carbocycles. The first-order chi connectivity index (χ1) is 13.4. The molecule has 3 heterocycles. The number of rotatable bonds is 10. The summed E-state index contributed by atoms with van der Waals surface area (Å²) in [6.45, 7) is 4.99.